The molecular weight excluding hydrogens is 405 g/mol. The van der Waals surface area contributed by atoms with Gasteiger partial charge in [-0.2, -0.15) is 18.3 Å². The molecule has 1 aromatic heterocycles. The van der Waals surface area contributed by atoms with E-state index in [4.69, 9.17) is 4.74 Å². The summed E-state index contributed by atoms with van der Waals surface area (Å²) in [6.07, 6.45) is -1.28. The molecule has 3 N–H and O–H groups in total. The van der Waals surface area contributed by atoms with Gasteiger partial charge in [-0.25, -0.2) is 0 Å². The molecule has 1 heterocycles. The van der Waals surface area contributed by atoms with Gasteiger partial charge in [0.25, 0.3) is 0 Å². The molecule has 1 saturated carbocycles. The number of hydrogen-bond donors (Lipinski definition) is 3. The minimum absolute atomic E-state index is 0.345. The van der Waals surface area contributed by atoms with Crippen LogP contribution in [0.3, 0.4) is 0 Å². The zero-order valence-electron chi connectivity index (χ0n) is 17.2. The van der Waals surface area contributed by atoms with Gasteiger partial charge in [0, 0.05) is 36.0 Å². The lowest BCUT2D eigenvalue weighted by Gasteiger charge is -2.13. The number of methoxy groups -OCH3 is 1. The Morgan fingerprint density at radius 1 is 1.10 bits per heavy atom. The number of H-pyrrole nitrogens is 1. The molecule has 1 aliphatic rings. The van der Waals surface area contributed by atoms with Gasteiger partial charge < -0.3 is 15.4 Å². The first kappa shape index (κ1) is 21.2. The van der Waals surface area contributed by atoms with Crippen LogP contribution in [0.4, 0.5) is 24.7 Å². The van der Waals surface area contributed by atoms with Crippen LogP contribution in [0, 0.1) is 0 Å². The number of benzene rings is 2. The Bertz CT molecular complexity index is 1000. The van der Waals surface area contributed by atoms with E-state index < -0.39 is 11.7 Å². The Morgan fingerprint density at radius 3 is 2.65 bits per heavy atom. The molecule has 0 unspecified atom stereocenters. The van der Waals surface area contributed by atoms with Crippen LogP contribution in [0.25, 0.3) is 0 Å². The zero-order valence-corrected chi connectivity index (χ0v) is 17.2. The zero-order chi connectivity index (χ0) is 21.8. The lowest BCUT2D eigenvalue weighted by Crippen LogP contribution is -2.25. The lowest BCUT2D eigenvalue weighted by atomic mass is 10.0. The summed E-state index contributed by atoms with van der Waals surface area (Å²) in [6.45, 7) is 0.798. The highest BCUT2D eigenvalue weighted by atomic mass is 19.4. The largest absolute Gasteiger partial charge is 0.497 e. The fourth-order valence-corrected chi connectivity index (χ4v) is 3.99. The number of anilines is 2. The molecule has 1 fully saturated rings. The predicted octanol–water partition coefficient (Wildman–Crippen LogP) is 5.61. The molecule has 4 rings (SSSR count). The van der Waals surface area contributed by atoms with Crippen LogP contribution in [0.1, 0.15) is 42.0 Å². The summed E-state index contributed by atoms with van der Waals surface area (Å²) >= 11 is 0. The third-order valence-electron chi connectivity index (χ3n) is 5.69. The summed E-state index contributed by atoms with van der Waals surface area (Å²) in [5.74, 6) is 1.71. The fourth-order valence-electron chi connectivity index (χ4n) is 3.99. The van der Waals surface area contributed by atoms with Gasteiger partial charge >= 0.3 is 6.18 Å². The molecule has 3 aromatic rings. The fraction of sp³-hybridized carbons (Fsp3) is 0.348. The van der Waals surface area contributed by atoms with Gasteiger partial charge in [0.1, 0.15) is 5.75 Å². The minimum Gasteiger partial charge on any atom is -0.497 e. The molecule has 5 nitrogen and oxygen atoms in total. The van der Waals surface area contributed by atoms with Crippen LogP contribution in [-0.4, -0.2) is 23.3 Å². The van der Waals surface area contributed by atoms with E-state index >= 15 is 0 Å². The molecule has 0 saturated heterocycles. The number of alkyl halides is 3. The van der Waals surface area contributed by atoms with Crippen molar-refractivity contribution in [2.45, 2.75) is 43.9 Å². The summed E-state index contributed by atoms with van der Waals surface area (Å²) in [4.78, 5) is 0. The van der Waals surface area contributed by atoms with Crippen molar-refractivity contribution >= 4 is 11.5 Å². The predicted molar refractivity (Wildman–Crippen MR) is 114 cm³/mol. The van der Waals surface area contributed by atoms with Crippen LogP contribution in [0.15, 0.2) is 54.6 Å². The first-order valence-electron chi connectivity index (χ1n) is 10.3. The third kappa shape index (κ3) is 5.38. The Morgan fingerprint density at radius 2 is 1.90 bits per heavy atom. The van der Waals surface area contributed by atoms with Crippen molar-refractivity contribution in [2.24, 2.45) is 0 Å². The number of aromatic amines is 1. The van der Waals surface area contributed by atoms with E-state index in [2.05, 4.69) is 33.0 Å². The van der Waals surface area contributed by atoms with Crippen molar-refractivity contribution in [1.29, 1.82) is 0 Å². The Balaban J connectivity index is 1.31. The molecule has 0 radical (unpaired) electrons. The van der Waals surface area contributed by atoms with E-state index in [0.717, 1.165) is 49.4 Å². The molecule has 164 valence electrons. The number of nitrogens with one attached hydrogen (secondary N) is 3. The number of nitrogens with zero attached hydrogens (tertiary/aromatic N) is 1. The summed E-state index contributed by atoms with van der Waals surface area (Å²) in [6, 6.07) is 15.4. The Labute approximate surface area is 179 Å². The van der Waals surface area contributed by atoms with Crippen molar-refractivity contribution in [1.82, 2.24) is 15.5 Å². The highest BCUT2D eigenvalue weighted by Crippen LogP contribution is 2.35. The van der Waals surface area contributed by atoms with Gasteiger partial charge in [0.15, 0.2) is 5.82 Å². The minimum atomic E-state index is -4.37. The maximum absolute atomic E-state index is 12.9. The standard InChI is InChI=1S/C23H25F3N4O/c1-31-20-9-5-15(6-10-20)14-27-18-8-7-16(11-18)21-13-22(30-29-21)28-19-4-2-3-17(12-19)23(24,25)26/h2-6,9-10,12-13,16,18,27H,7-8,11,14H2,1H3,(H2,28,29,30)/t16-,18+/m1/s1. The Kier molecular flexibility index (Phi) is 6.18. The van der Waals surface area contributed by atoms with Gasteiger partial charge in [0.2, 0.25) is 0 Å². The van der Waals surface area contributed by atoms with Crippen molar-refractivity contribution in [2.75, 3.05) is 12.4 Å². The first-order chi connectivity index (χ1) is 14.9. The molecule has 1 aliphatic carbocycles. The summed E-state index contributed by atoms with van der Waals surface area (Å²) in [5, 5.41) is 13.8. The van der Waals surface area contributed by atoms with E-state index in [0.29, 0.717) is 23.5 Å². The lowest BCUT2D eigenvalue weighted by molar-refractivity contribution is -0.137. The average Bonchev–Trinajstić information content (AvgIpc) is 3.42. The van der Waals surface area contributed by atoms with E-state index in [9.17, 15) is 13.2 Å². The quantitative estimate of drug-likeness (QED) is 0.456. The number of aromatic nitrogens is 2. The second-order valence-electron chi connectivity index (χ2n) is 7.85. The van der Waals surface area contributed by atoms with Crippen LogP contribution < -0.4 is 15.4 Å². The van der Waals surface area contributed by atoms with Crippen molar-refractivity contribution in [3.63, 3.8) is 0 Å². The molecule has 2 aromatic carbocycles. The molecule has 0 bridgehead atoms. The smallest absolute Gasteiger partial charge is 0.416 e. The van der Waals surface area contributed by atoms with E-state index in [-0.39, 0.29) is 0 Å². The van der Waals surface area contributed by atoms with Gasteiger partial charge in [-0.05, 0) is 55.2 Å². The van der Waals surface area contributed by atoms with Gasteiger partial charge in [-0.1, -0.05) is 18.2 Å². The molecule has 0 spiro atoms. The van der Waals surface area contributed by atoms with Crippen LogP contribution >= 0.6 is 0 Å². The van der Waals surface area contributed by atoms with Crippen LogP contribution in [0.5, 0.6) is 5.75 Å². The van der Waals surface area contributed by atoms with Gasteiger partial charge in [-0.15, -0.1) is 0 Å². The highest BCUT2D eigenvalue weighted by Gasteiger charge is 2.30. The SMILES string of the molecule is COc1ccc(CN[C@H]2CC[C@@H](c3cc(Nc4cccc(C(F)(F)F)c4)n[nH]3)C2)cc1. The molecular formula is C23H25F3N4O. The van der Waals surface area contributed by atoms with E-state index in [1.165, 1.54) is 11.6 Å². The van der Waals surface area contributed by atoms with Crippen molar-refractivity contribution in [3.8, 4) is 5.75 Å². The molecule has 31 heavy (non-hydrogen) atoms. The third-order valence-corrected chi connectivity index (χ3v) is 5.69. The molecule has 0 aliphatic heterocycles. The van der Waals surface area contributed by atoms with Crippen LogP contribution in [0.2, 0.25) is 0 Å². The average molecular weight is 430 g/mol. The molecule has 8 heteroatoms. The molecule has 0 amide bonds. The monoisotopic (exact) mass is 430 g/mol. The van der Waals surface area contributed by atoms with Crippen molar-refractivity contribution in [3.05, 3.63) is 71.4 Å². The van der Waals surface area contributed by atoms with E-state index in [1.807, 2.05) is 18.2 Å². The maximum Gasteiger partial charge on any atom is 0.416 e. The van der Waals surface area contributed by atoms with E-state index in [1.54, 1.807) is 13.2 Å². The van der Waals surface area contributed by atoms with Crippen LogP contribution in [-0.2, 0) is 12.7 Å². The number of halogens is 3. The van der Waals surface area contributed by atoms with Gasteiger partial charge in [-0.3, -0.25) is 5.10 Å². The Hall–Kier alpha value is -3.00. The first-order valence-corrected chi connectivity index (χ1v) is 10.3. The number of ether oxygens (including phenoxy) is 1. The number of hydrogen-bond acceptors (Lipinski definition) is 4. The van der Waals surface area contributed by atoms with Gasteiger partial charge in [0.05, 0.1) is 12.7 Å². The van der Waals surface area contributed by atoms with Crippen molar-refractivity contribution < 1.29 is 17.9 Å². The maximum atomic E-state index is 12.9. The number of rotatable bonds is 7. The topological polar surface area (TPSA) is 62.0 Å². The summed E-state index contributed by atoms with van der Waals surface area (Å²) in [7, 11) is 1.65. The molecule has 2 atom stereocenters. The summed E-state index contributed by atoms with van der Waals surface area (Å²) in [5.41, 5.74) is 1.88. The normalized spacial score (nSPS) is 18.8. The summed E-state index contributed by atoms with van der Waals surface area (Å²) < 4.78 is 43.9. The second kappa shape index (κ2) is 9.01. The second-order valence-corrected chi connectivity index (χ2v) is 7.85. The highest BCUT2D eigenvalue weighted by molar-refractivity contribution is 5.57.